The van der Waals surface area contributed by atoms with Crippen LogP contribution in [0, 0.1) is 0 Å². The normalized spacial score (nSPS) is 51.1. The number of alkyl halides is 4. The molecule has 2 aliphatic heterocycles. The molecule has 7 nitrogen and oxygen atoms in total. The molecule has 0 aromatic heterocycles. The fraction of sp³-hybridized carbons (Fsp3) is 1.00. The largest absolute Gasteiger partial charge is 0.394 e. The van der Waals surface area contributed by atoms with Gasteiger partial charge < -0.3 is 34.6 Å². The van der Waals surface area contributed by atoms with Crippen LogP contribution >= 0.6 is 34.8 Å². The molecule has 4 N–H and O–H groups in total. The molecule has 2 fully saturated rings. The van der Waals surface area contributed by atoms with Gasteiger partial charge in [0.2, 0.25) is 5.79 Å². The zero-order valence-corrected chi connectivity index (χ0v) is 14.0. The molecule has 0 saturated carbocycles. The first-order valence-electron chi connectivity index (χ1n) is 6.87. The van der Waals surface area contributed by atoms with Crippen molar-refractivity contribution in [3.63, 3.8) is 0 Å². The molecular weight excluding hydrogens is 381 g/mol. The molecule has 0 bridgehead atoms. The second-order valence-corrected chi connectivity index (χ2v) is 6.49. The Balaban J connectivity index is 2.18. The van der Waals surface area contributed by atoms with Crippen molar-refractivity contribution in [3.8, 4) is 0 Å². The van der Waals surface area contributed by atoms with Gasteiger partial charge in [-0.2, -0.15) is 0 Å². The van der Waals surface area contributed by atoms with E-state index in [9.17, 15) is 24.8 Å². The average Bonchev–Trinajstić information content (AvgIpc) is 2.80. The highest BCUT2D eigenvalue weighted by Gasteiger charge is 2.58. The van der Waals surface area contributed by atoms with Crippen LogP contribution in [0.25, 0.3) is 0 Å². The molecule has 0 spiro atoms. The summed E-state index contributed by atoms with van der Waals surface area (Å²) in [5.41, 5.74) is 0. The van der Waals surface area contributed by atoms with E-state index in [0.29, 0.717) is 0 Å². The van der Waals surface area contributed by atoms with E-state index < -0.39 is 66.6 Å². The summed E-state index contributed by atoms with van der Waals surface area (Å²) in [7, 11) is 0. The first-order valence-corrected chi connectivity index (χ1v) is 8.38. The van der Waals surface area contributed by atoms with Gasteiger partial charge in [0, 0.05) is 0 Å². The monoisotopic (exact) mass is 398 g/mol. The van der Waals surface area contributed by atoms with Crippen molar-refractivity contribution in [2.24, 2.45) is 0 Å². The van der Waals surface area contributed by atoms with Gasteiger partial charge in [-0.25, -0.2) is 4.39 Å². The van der Waals surface area contributed by atoms with Gasteiger partial charge in [-0.05, 0) is 0 Å². The highest BCUT2D eigenvalue weighted by molar-refractivity contribution is 6.21. The first kappa shape index (κ1) is 19.8. The Bertz CT molecular complexity index is 407. The Labute approximate surface area is 146 Å². The molecule has 2 saturated heterocycles. The van der Waals surface area contributed by atoms with E-state index in [1.165, 1.54) is 0 Å². The third-order valence-corrected chi connectivity index (χ3v) is 5.13. The van der Waals surface area contributed by atoms with E-state index >= 15 is 0 Å². The zero-order valence-electron chi connectivity index (χ0n) is 11.8. The Hall–Kier alpha value is 0.520. The second kappa shape index (κ2) is 7.82. The summed E-state index contributed by atoms with van der Waals surface area (Å²) in [4.78, 5) is 0. The van der Waals surface area contributed by atoms with E-state index in [4.69, 9.17) is 49.0 Å². The van der Waals surface area contributed by atoms with Crippen molar-refractivity contribution in [2.45, 2.75) is 54.1 Å². The number of ether oxygens (including phenoxy) is 3. The summed E-state index contributed by atoms with van der Waals surface area (Å²) >= 11 is 17.2. The van der Waals surface area contributed by atoms with Crippen LogP contribution < -0.4 is 0 Å². The van der Waals surface area contributed by atoms with Crippen LogP contribution in [0.15, 0.2) is 0 Å². The van der Waals surface area contributed by atoms with Crippen molar-refractivity contribution in [3.05, 3.63) is 0 Å². The Morgan fingerprint density at radius 3 is 2.26 bits per heavy atom. The third-order valence-electron chi connectivity index (χ3n) is 3.91. The number of hydrogen-bond acceptors (Lipinski definition) is 7. The Morgan fingerprint density at radius 1 is 1.13 bits per heavy atom. The lowest BCUT2D eigenvalue weighted by Gasteiger charge is -2.43. The number of hydrogen-bond donors (Lipinski definition) is 4. The maximum Gasteiger partial charge on any atom is 0.214 e. The van der Waals surface area contributed by atoms with E-state index in [1.807, 2.05) is 0 Å². The van der Waals surface area contributed by atoms with Crippen molar-refractivity contribution in [2.75, 3.05) is 18.4 Å². The standard InChI is InChI=1S/C12H18Cl3FO7/c13-1-4-7(16)10(20)12(3-14,22-4)23-11-9(19)8(18)6(15)5(2-17)21-11/h4-11,17-20H,1-3H2/t4-,5-,6+,7-,8+,9-,10+,11?,12?/m1/s1. The van der Waals surface area contributed by atoms with Gasteiger partial charge >= 0.3 is 0 Å². The average molecular weight is 400 g/mol. The lowest BCUT2D eigenvalue weighted by molar-refractivity contribution is -0.357. The molecule has 11 heteroatoms. The molecule has 23 heavy (non-hydrogen) atoms. The Morgan fingerprint density at radius 2 is 1.78 bits per heavy atom. The minimum atomic E-state index is -2.02. The first-order chi connectivity index (χ1) is 10.8. The van der Waals surface area contributed by atoms with E-state index in [1.54, 1.807) is 0 Å². The van der Waals surface area contributed by atoms with Gasteiger partial charge in [0.15, 0.2) is 12.5 Å². The molecule has 0 amide bonds. The molecule has 2 aliphatic rings. The van der Waals surface area contributed by atoms with Crippen LogP contribution in [-0.4, -0.2) is 92.9 Å². The van der Waals surface area contributed by atoms with Gasteiger partial charge in [0.25, 0.3) is 0 Å². The lowest BCUT2D eigenvalue weighted by Crippen LogP contribution is -2.61. The molecular formula is C12H18Cl3FO7. The molecule has 2 rings (SSSR count). The smallest absolute Gasteiger partial charge is 0.214 e. The Kier molecular flexibility index (Phi) is 6.75. The van der Waals surface area contributed by atoms with E-state index in [0.717, 1.165) is 0 Å². The molecule has 0 aromatic carbocycles. The minimum absolute atomic E-state index is 0.250. The van der Waals surface area contributed by atoms with Crippen molar-refractivity contribution >= 4 is 34.8 Å². The van der Waals surface area contributed by atoms with Gasteiger partial charge in [-0.1, -0.05) is 0 Å². The predicted molar refractivity (Wildman–Crippen MR) is 78.4 cm³/mol. The topological polar surface area (TPSA) is 109 Å². The predicted octanol–water partition coefficient (Wildman–Crippen LogP) is -0.679. The van der Waals surface area contributed by atoms with Crippen LogP contribution in [0.2, 0.25) is 0 Å². The van der Waals surface area contributed by atoms with Crippen molar-refractivity contribution in [1.29, 1.82) is 0 Å². The van der Waals surface area contributed by atoms with Crippen molar-refractivity contribution in [1.82, 2.24) is 0 Å². The molecule has 2 unspecified atom stereocenters. The van der Waals surface area contributed by atoms with Gasteiger partial charge in [-0.15, -0.1) is 34.8 Å². The van der Waals surface area contributed by atoms with Gasteiger partial charge in [0.1, 0.15) is 30.5 Å². The van der Waals surface area contributed by atoms with Gasteiger partial charge in [0.05, 0.1) is 23.7 Å². The quantitative estimate of drug-likeness (QED) is 0.454. The summed E-state index contributed by atoms with van der Waals surface area (Å²) in [6.07, 6.45) is -10.5. The molecule has 9 atom stereocenters. The summed E-state index contributed by atoms with van der Waals surface area (Å²) in [5.74, 6) is -2.76. The fourth-order valence-corrected chi connectivity index (χ4v) is 3.33. The van der Waals surface area contributed by atoms with E-state index in [-0.39, 0.29) is 5.88 Å². The SMILES string of the molecule is OC[C@H]1OC(OC2(CCl)O[C@H](CCl)[C@@H](F)[C@@H]2O)[C@H](O)[C@@H](O)[C@H]1Cl. The molecule has 0 radical (unpaired) electrons. The summed E-state index contributed by atoms with van der Waals surface area (Å²) in [6.45, 7) is -0.550. The highest BCUT2D eigenvalue weighted by atomic mass is 35.5. The molecule has 0 aromatic rings. The van der Waals surface area contributed by atoms with E-state index in [2.05, 4.69) is 0 Å². The third kappa shape index (κ3) is 3.57. The summed E-state index contributed by atoms with van der Waals surface area (Å²) < 4.78 is 29.9. The summed E-state index contributed by atoms with van der Waals surface area (Å²) in [6, 6.07) is 0. The number of aliphatic hydroxyl groups excluding tert-OH is 4. The maximum absolute atomic E-state index is 14.0. The molecule has 0 aliphatic carbocycles. The second-order valence-electron chi connectivity index (χ2n) is 5.41. The van der Waals surface area contributed by atoms with Crippen LogP contribution in [0.1, 0.15) is 0 Å². The zero-order chi connectivity index (χ0) is 17.4. The molecule has 2 heterocycles. The molecule has 136 valence electrons. The van der Waals surface area contributed by atoms with Crippen LogP contribution in [0.3, 0.4) is 0 Å². The lowest BCUT2D eigenvalue weighted by atomic mass is 10.0. The van der Waals surface area contributed by atoms with Crippen molar-refractivity contribution < 1.29 is 39.0 Å². The number of halogens is 4. The highest BCUT2D eigenvalue weighted by Crippen LogP contribution is 2.39. The van der Waals surface area contributed by atoms with Crippen LogP contribution in [0.5, 0.6) is 0 Å². The number of aliphatic hydroxyl groups is 4. The summed E-state index contributed by atoms with van der Waals surface area (Å²) in [5, 5.41) is 38.0. The van der Waals surface area contributed by atoms with Gasteiger partial charge in [-0.3, -0.25) is 0 Å². The van der Waals surface area contributed by atoms with Crippen LogP contribution in [0.4, 0.5) is 4.39 Å². The maximum atomic E-state index is 14.0. The number of rotatable bonds is 5. The fourth-order valence-electron chi connectivity index (χ4n) is 2.53. The minimum Gasteiger partial charge on any atom is -0.394 e. The van der Waals surface area contributed by atoms with Crippen LogP contribution in [-0.2, 0) is 14.2 Å².